The molecule has 0 unspecified atom stereocenters. The van der Waals surface area contributed by atoms with Crippen LogP contribution in [0.5, 0.6) is 0 Å². The Kier molecular flexibility index (Phi) is 5.01. The van der Waals surface area contributed by atoms with Crippen molar-refractivity contribution < 1.29 is 4.42 Å². The second kappa shape index (κ2) is 7.57. The van der Waals surface area contributed by atoms with Crippen LogP contribution in [0.2, 0.25) is 5.02 Å². The quantitative estimate of drug-likeness (QED) is 0.636. The summed E-state index contributed by atoms with van der Waals surface area (Å²) in [6.45, 7) is 4.40. The first-order valence-electron chi connectivity index (χ1n) is 8.40. The Hall–Kier alpha value is -2.22. The lowest BCUT2D eigenvalue weighted by Gasteiger charge is -2.35. The molecule has 1 saturated heterocycles. The fraction of sp³-hybridized carbons (Fsp3) is 0.278. The summed E-state index contributed by atoms with van der Waals surface area (Å²) in [5, 5.41) is 5.16. The first-order valence-corrected chi connectivity index (χ1v) is 9.19. The van der Waals surface area contributed by atoms with Crippen molar-refractivity contribution in [2.75, 3.05) is 31.1 Å². The Balaban J connectivity index is 1.42. The number of piperazine rings is 1. The number of nitrogens with zero attached hydrogens (tertiary/aromatic N) is 5. The van der Waals surface area contributed by atoms with Gasteiger partial charge in [0.05, 0.1) is 6.67 Å². The zero-order valence-corrected chi connectivity index (χ0v) is 15.7. The molecule has 1 aromatic carbocycles. The van der Waals surface area contributed by atoms with Crippen LogP contribution in [-0.2, 0) is 6.67 Å². The van der Waals surface area contributed by atoms with Gasteiger partial charge in [-0.15, -0.1) is 5.10 Å². The molecule has 4 rings (SSSR count). The molecule has 0 radical (unpaired) electrons. The molecule has 3 aromatic rings. The van der Waals surface area contributed by atoms with E-state index in [0.29, 0.717) is 22.4 Å². The number of anilines is 1. The second-order valence-corrected chi connectivity index (χ2v) is 6.92. The number of hydrogen-bond donors (Lipinski definition) is 0. The summed E-state index contributed by atoms with van der Waals surface area (Å²) in [4.78, 5) is 9.12. The lowest BCUT2D eigenvalue weighted by atomic mass is 10.2. The number of pyridine rings is 1. The molecule has 0 atom stereocenters. The van der Waals surface area contributed by atoms with Crippen molar-refractivity contribution in [2.45, 2.75) is 6.67 Å². The molecule has 0 spiro atoms. The highest BCUT2D eigenvalue weighted by Gasteiger charge is 2.19. The summed E-state index contributed by atoms with van der Waals surface area (Å²) in [5.41, 5.74) is 2.03. The van der Waals surface area contributed by atoms with E-state index >= 15 is 0 Å². The van der Waals surface area contributed by atoms with Crippen LogP contribution in [0.1, 0.15) is 0 Å². The third-order valence-corrected chi connectivity index (χ3v) is 4.94. The van der Waals surface area contributed by atoms with E-state index < -0.39 is 0 Å². The zero-order chi connectivity index (χ0) is 17.9. The van der Waals surface area contributed by atoms with Crippen molar-refractivity contribution >= 4 is 29.5 Å². The molecule has 134 valence electrons. The predicted octanol–water partition coefficient (Wildman–Crippen LogP) is 3.70. The number of hydrogen-bond acceptors (Lipinski definition) is 6. The molecule has 1 fully saturated rings. The van der Waals surface area contributed by atoms with E-state index in [0.717, 1.165) is 31.7 Å². The van der Waals surface area contributed by atoms with E-state index in [1.807, 2.05) is 48.8 Å². The van der Waals surface area contributed by atoms with Crippen LogP contribution in [0.25, 0.3) is 11.5 Å². The molecule has 0 aliphatic carbocycles. The van der Waals surface area contributed by atoms with Crippen LogP contribution in [0, 0.1) is 4.84 Å². The molecule has 6 nitrogen and oxygen atoms in total. The molecule has 8 heteroatoms. The van der Waals surface area contributed by atoms with Crippen molar-refractivity contribution in [2.24, 2.45) is 0 Å². The van der Waals surface area contributed by atoms with Gasteiger partial charge in [-0.3, -0.25) is 9.88 Å². The van der Waals surface area contributed by atoms with Gasteiger partial charge in [-0.05, 0) is 42.5 Å². The third-order valence-electron chi connectivity index (χ3n) is 4.41. The molecule has 0 saturated carbocycles. The first-order chi connectivity index (χ1) is 12.7. The minimum absolute atomic E-state index is 0.372. The second-order valence-electron chi connectivity index (χ2n) is 6.13. The van der Waals surface area contributed by atoms with Gasteiger partial charge in [-0.25, -0.2) is 4.68 Å². The van der Waals surface area contributed by atoms with Crippen LogP contribution in [0.15, 0.2) is 53.2 Å². The van der Waals surface area contributed by atoms with Gasteiger partial charge < -0.3 is 9.32 Å². The van der Waals surface area contributed by atoms with Crippen molar-refractivity contribution in [3.05, 3.63) is 58.7 Å². The maximum absolute atomic E-state index is 6.04. The topological polar surface area (TPSA) is 50.3 Å². The Labute approximate surface area is 161 Å². The van der Waals surface area contributed by atoms with Gasteiger partial charge in [0, 0.05) is 54.8 Å². The fourth-order valence-electron chi connectivity index (χ4n) is 3.03. The minimum atomic E-state index is 0.372. The summed E-state index contributed by atoms with van der Waals surface area (Å²) in [5.74, 6) is 0.493. The molecule has 3 heterocycles. The van der Waals surface area contributed by atoms with E-state index in [4.69, 9.17) is 28.2 Å². The highest BCUT2D eigenvalue weighted by molar-refractivity contribution is 7.71. The number of rotatable bonds is 4. The van der Waals surface area contributed by atoms with Gasteiger partial charge in [0.25, 0.3) is 4.84 Å². The number of benzene rings is 1. The summed E-state index contributed by atoms with van der Waals surface area (Å²) < 4.78 is 7.38. The molecule has 0 N–H and O–H groups in total. The molecule has 26 heavy (non-hydrogen) atoms. The van der Waals surface area contributed by atoms with E-state index in [2.05, 4.69) is 19.9 Å². The third kappa shape index (κ3) is 3.80. The number of aromatic nitrogens is 3. The van der Waals surface area contributed by atoms with Gasteiger partial charge in [0.15, 0.2) is 0 Å². The van der Waals surface area contributed by atoms with E-state index in [9.17, 15) is 0 Å². The standard InChI is InChI=1S/C18H18ClN5OS/c19-15-3-1-2-14(12-15)17-21-24(18(26)25-17)13-22-8-10-23(11-9-22)16-4-6-20-7-5-16/h1-7,12H,8-11,13H2. The zero-order valence-electron chi connectivity index (χ0n) is 14.1. The van der Waals surface area contributed by atoms with Crippen molar-refractivity contribution in [3.63, 3.8) is 0 Å². The largest absolute Gasteiger partial charge is 0.409 e. The van der Waals surface area contributed by atoms with Gasteiger partial charge >= 0.3 is 0 Å². The Morgan fingerprint density at radius 3 is 2.58 bits per heavy atom. The number of halogens is 1. The normalized spacial score (nSPS) is 15.3. The predicted molar refractivity (Wildman–Crippen MR) is 104 cm³/mol. The van der Waals surface area contributed by atoms with Gasteiger partial charge in [-0.2, -0.15) is 0 Å². The molecule has 2 aromatic heterocycles. The van der Waals surface area contributed by atoms with Crippen molar-refractivity contribution in [3.8, 4) is 11.5 Å². The van der Waals surface area contributed by atoms with Gasteiger partial charge in [0.1, 0.15) is 0 Å². The molecular formula is C18H18ClN5OS. The average molecular weight is 388 g/mol. The maximum Gasteiger partial charge on any atom is 0.288 e. The van der Waals surface area contributed by atoms with E-state index in [-0.39, 0.29) is 0 Å². The Bertz CT molecular complexity index is 934. The van der Waals surface area contributed by atoms with Crippen molar-refractivity contribution in [1.82, 2.24) is 19.7 Å². The summed E-state index contributed by atoms with van der Waals surface area (Å²) in [6.07, 6.45) is 3.65. The first kappa shape index (κ1) is 17.2. The van der Waals surface area contributed by atoms with Crippen LogP contribution in [0.3, 0.4) is 0 Å². The lowest BCUT2D eigenvalue weighted by Crippen LogP contribution is -2.46. The van der Waals surface area contributed by atoms with E-state index in [1.54, 1.807) is 4.68 Å². The molecule has 0 bridgehead atoms. The van der Waals surface area contributed by atoms with Gasteiger partial charge in [0.2, 0.25) is 5.89 Å². The molecule has 0 amide bonds. The van der Waals surface area contributed by atoms with Gasteiger partial charge in [-0.1, -0.05) is 17.7 Å². The Morgan fingerprint density at radius 2 is 1.85 bits per heavy atom. The highest BCUT2D eigenvalue weighted by Crippen LogP contribution is 2.22. The average Bonchev–Trinajstić information content (AvgIpc) is 3.04. The smallest absolute Gasteiger partial charge is 0.288 e. The summed E-state index contributed by atoms with van der Waals surface area (Å²) in [6, 6.07) is 11.5. The molecular weight excluding hydrogens is 370 g/mol. The minimum Gasteiger partial charge on any atom is -0.409 e. The summed E-state index contributed by atoms with van der Waals surface area (Å²) >= 11 is 11.4. The monoisotopic (exact) mass is 387 g/mol. The fourth-order valence-corrected chi connectivity index (χ4v) is 3.39. The molecule has 1 aliphatic rings. The van der Waals surface area contributed by atoms with Crippen LogP contribution in [0.4, 0.5) is 5.69 Å². The summed E-state index contributed by atoms with van der Waals surface area (Å²) in [7, 11) is 0. The highest BCUT2D eigenvalue weighted by atomic mass is 35.5. The van der Waals surface area contributed by atoms with E-state index in [1.165, 1.54) is 5.69 Å². The van der Waals surface area contributed by atoms with Crippen LogP contribution >= 0.6 is 23.8 Å². The maximum atomic E-state index is 6.04. The van der Waals surface area contributed by atoms with Crippen molar-refractivity contribution in [1.29, 1.82) is 0 Å². The Morgan fingerprint density at radius 1 is 1.08 bits per heavy atom. The lowest BCUT2D eigenvalue weighted by molar-refractivity contribution is 0.192. The van der Waals surface area contributed by atoms with Crippen LogP contribution in [-0.4, -0.2) is 45.8 Å². The van der Waals surface area contributed by atoms with Crippen LogP contribution < -0.4 is 4.90 Å². The molecule has 1 aliphatic heterocycles. The SMILES string of the molecule is S=c1oc(-c2cccc(Cl)c2)nn1CN1CCN(c2ccncc2)CC1.